The van der Waals surface area contributed by atoms with Gasteiger partial charge in [0.05, 0.1) is 5.75 Å². The lowest BCUT2D eigenvalue weighted by Crippen LogP contribution is -2.37. The number of aryl methyl sites for hydroxylation is 1. The zero-order valence-corrected chi connectivity index (χ0v) is 12.9. The Morgan fingerprint density at radius 2 is 2.24 bits per heavy atom. The molecule has 110 valence electrons. The number of hydrogen-bond acceptors (Lipinski definition) is 5. The highest BCUT2D eigenvalue weighted by atomic mass is 32.2. The van der Waals surface area contributed by atoms with E-state index in [-0.39, 0.29) is 11.9 Å². The SMILES string of the molecule is CCn1nnnc1SCC(=O)N1c2ccccc2CC1C. The van der Waals surface area contributed by atoms with E-state index in [9.17, 15) is 4.79 Å². The third-order valence-corrected chi connectivity index (χ3v) is 4.54. The smallest absolute Gasteiger partial charge is 0.237 e. The molecule has 0 saturated heterocycles. The summed E-state index contributed by atoms with van der Waals surface area (Å²) in [5, 5.41) is 12.1. The average molecular weight is 303 g/mol. The fourth-order valence-electron chi connectivity index (χ4n) is 2.64. The van der Waals surface area contributed by atoms with Gasteiger partial charge < -0.3 is 4.90 Å². The van der Waals surface area contributed by atoms with Crippen LogP contribution in [0.2, 0.25) is 0 Å². The van der Waals surface area contributed by atoms with Gasteiger partial charge in [-0.2, -0.15) is 0 Å². The van der Waals surface area contributed by atoms with Gasteiger partial charge in [-0.05, 0) is 42.3 Å². The molecule has 0 N–H and O–H groups in total. The van der Waals surface area contributed by atoms with Crippen LogP contribution in [0, 0.1) is 0 Å². The largest absolute Gasteiger partial charge is 0.308 e. The van der Waals surface area contributed by atoms with Gasteiger partial charge >= 0.3 is 0 Å². The number of nitrogens with zero attached hydrogens (tertiary/aromatic N) is 5. The molecule has 2 aromatic rings. The fourth-order valence-corrected chi connectivity index (χ4v) is 3.44. The summed E-state index contributed by atoms with van der Waals surface area (Å²) in [6, 6.07) is 8.30. The topological polar surface area (TPSA) is 63.9 Å². The molecule has 1 aromatic heterocycles. The van der Waals surface area contributed by atoms with Gasteiger partial charge in [-0.25, -0.2) is 4.68 Å². The van der Waals surface area contributed by atoms with Crippen molar-refractivity contribution >= 4 is 23.4 Å². The summed E-state index contributed by atoms with van der Waals surface area (Å²) in [6.07, 6.45) is 0.916. The molecule has 2 heterocycles. The molecular weight excluding hydrogens is 286 g/mol. The highest BCUT2D eigenvalue weighted by molar-refractivity contribution is 7.99. The number of carbonyl (C=O) groups excluding carboxylic acids is 1. The first-order valence-corrected chi connectivity index (χ1v) is 7.98. The number of rotatable bonds is 4. The highest BCUT2D eigenvalue weighted by Crippen LogP contribution is 2.32. The Labute approximate surface area is 127 Å². The highest BCUT2D eigenvalue weighted by Gasteiger charge is 2.30. The van der Waals surface area contributed by atoms with Crippen LogP contribution >= 0.6 is 11.8 Å². The van der Waals surface area contributed by atoms with Crippen LogP contribution in [0.1, 0.15) is 19.4 Å². The van der Waals surface area contributed by atoms with Crippen LogP contribution in [0.25, 0.3) is 0 Å². The van der Waals surface area contributed by atoms with Crippen molar-refractivity contribution in [2.45, 2.75) is 38.0 Å². The van der Waals surface area contributed by atoms with Gasteiger partial charge in [-0.3, -0.25) is 4.79 Å². The van der Waals surface area contributed by atoms with Crippen LogP contribution in [0.5, 0.6) is 0 Å². The summed E-state index contributed by atoms with van der Waals surface area (Å²) in [7, 11) is 0. The van der Waals surface area contributed by atoms with Crippen molar-refractivity contribution < 1.29 is 4.79 Å². The van der Waals surface area contributed by atoms with Crippen LogP contribution < -0.4 is 4.90 Å². The first-order chi connectivity index (χ1) is 10.2. The third kappa shape index (κ3) is 2.65. The van der Waals surface area contributed by atoms with E-state index in [0.29, 0.717) is 17.5 Å². The van der Waals surface area contributed by atoms with Gasteiger partial charge in [0.25, 0.3) is 0 Å². The van der Waals surface area contributed by atoms with E-state index in [4.69, 9.17) is 0 Å². The number of anilines is 1. The maximum atomic E-state index is 12.5. The molecule has 1 aliphatic rings. The van der Waals surface area contributed by atoms with E-state index in [1.165, 1.54) is 17.3 Å². The molecule has 1 aliphatic heterocycles. The zero-order chi connectivity index (χ0) is 14.8. The average Bonchev–Trinajstić information content (AvgIpc) is 3.07. The predicted octanol–water partition coefficient (Wildman–Crippen LogP) is 1.76. The van der Waals surface area contributed by atoms with Crippen molar-refractivity contribution in [1.82, 2.24) is 20.2 Å². The summed E-state index contributed by atoms with van der Waals surface area (Å²) in [5.41, 5.74) is 2.27. The Morgan fingerprint density at radius 1 is 1.43 bits per heavy atom. The Kier molecular flexibility index (Phi) is 3.92. The quantitative estimate of drug-likeness (QED) is 0.805. The first-order valence-electron chi connectivity index (χ1n) is 6.99. The molecule has 3 rings (SSSR count). The molecule has 1 unspecified atom stereocenters. The van der Waals surface area contributed by atoms with Crippen LogP contribution in [0.4, 0.5) is 5.69 Å². The minimum atomic E-state index is 0.100. The minimum Gasteiger partial charge on any atom is -0.308 e. The molecule has 0 radical (unpaired) electrons. The monoisotopic (exact) mass is 303 g/mol. The van der Waals surface area contributed by atoms with Gasteiger partial charge in [0.2, 0.25) is 11.1 Å². The lowest BCUT2D eigenvalue weighted by molar-refractivity contribution is -0.116. The van der Waals surface area contributed by atoms with Crippen LogP contribution in [0.3, 0.4) is 0 Å². The summed E-state index contributed by atoms with van der Waals surface area (Å²) in [6.45, 7) is 4.76. The zero-order valence-electron chi connectivity index (χ0n) is 12.1. The van der Waals surface area contributed by atoms with E-state index in [1.54, 1.807) is 4.68 Å². The van der Waals surface area contributed by atoms with Gasteiger partial charge in [-0.1, -0.05) is 30.0 Å². The van der Waals surface area contributed by atoms with Gasteiger partial charge in [-0.15, -0.1) is 5.10 Å². The van der Waals surface area contributed by atoms with Crippen molar-refractivity contribution in [2.24, 2.45) is 0 Å². The summed E-state index contributed by atoms with van der Waals surface area (Å²) in [5.74, 6) is 0.446. The Hall–Kier alpha value is -1.89. The fraction of sp³-hybridized carbons (Fsp3) is 0.429. The molecule has 1 aromatic carbocycles. The number of thioether (sulfide) groups is 1. The lowest BCUT2D eigenvalue weighted by atomic mass is 10.1. The summed E-state index contributed by atoms with van der Waals surface area (Å²) >= 11 is 1.39. The number of amides is 1. The van der Waals surface area contributed by atoms with Crippen molar-refractivity contribution in [3.63, 3.8) is 0 Å². The normalized spacial score (nSPS) is 17.0. The number of benzene rings is 1. The molecule has 21 heavy (non-hydrogen) atoms. The van der Waals surface area contributed by atoms with E-state index in [1.807, 2.05) is 30.0 Å². The second-order valence-corrected chi connectivity index (χ2v) is 5.95. The summed E-state index contributed by atoms with van der Waals surface area (Å²) < 4.78 is 1.69. The first kappa shape index (κ1) is 14.1. The number of hydrogen-bond donors (Lipinski definition) is 0. The van der Waals surface area contributed by atoms with Gasteiger partial charge in [0, 0.05) is 18.3 Å². The lowest BCUT2D eigenvalue weighted by Gasteiger charge is -2.22. The number of para-hydroxylation sites is 1. The summed E-state index contributed by atoms with van der Waals surface area (Å²) in [4.78, 5) is 14.4. The molecule has 7 heteroatoms. The molecule has 6 nitrogen and oxygen atoms in total. The number of fused-ring (bicyclic) bond motifs is 1. The van der Waals surface area contributed by atoms with E-state index in [0.717, 1.165) is 12.1 Å². The van der Waals surface area contributed by atoms with Gasteiger partial charge in [0.15, 0.2) is 0 Å². The second-order valence-electron chi connectivity index (χ2n) is 5.01. The molecule has 0 bridgehead atoms. The molecule has 0 aliphatic carbocycles. The molecule has 1 amide bonds. The third-order valence-electron chi connectivity index (χ3n) is 3.60. The van der Waals surface area contributed by atoms with Crippen LogP contribution in [-0.2, 0) is 17.8 Å². The van der Waals surface area contributed by atoms with Crippen LogP contribution in [-0.4, -0.2) is 37.9 Å². The number of tetrazole rings is 1. The maximum Gasteiger partial charge on any atom is 0.237 e. The second kappa shape index (κ2) is 5.85. The molecule has 0 spiro atoms. The van der Waals surface area contributed by atoms with E-state index < -0.39 is 0 Å². The van der Waals surface area contributed by atoms with E-state index in [2.05, 4.69) is 28.5 Å². The van der Waals surface area contributed by atoms with Crippen LogP contribution in [0.15, 0.2) is 29.4 Å². The number of aromatic nitrogens is 4. The predicted molar refractivity (Wildman–Crippen MR) is 81.3 cm³/mol. The molecule has 1 atom stereocenters. The van der Waals surface area contributed by atoms with Crippen molar-refractivity contribution in [3.05, 3.63) is 29.8 Å². The van der Waals surface area contributed by atoms with Crippen molar-refractivity contribution in [1.29, 1.82) is 0 Å². The molecular formula is C14H17N5OS. The Balaban J connectivity index is 1.71. The Bertz CT molecular complexity index is 656. The van der Waals surface area contributed by atoms with E-state index >= 15 is 0 Å². The van der Waals surface area contributed by atoms with Crippen molar-refractivity contribution in [3.8, 4) is 0 Å². The standard InChI is InChI=1S/C14H17N5OS/c1-3-18-14(15-16-17-18)21-9-13(20)19-10(2)8-11-6-4-5-7-12(11)19/h4-7,10H,3,8-9H2,1-2H3. The molecule has 0 saturated carbocycles. The van der Waals surface area contributed by atoms with Crippen molar-refractivity contribution in [2.75, 3.05) is 10.7 Å². The minimum absolute atomic E-state index is 0.100. The Morgan fingerprint density at radius 3 is 3.05 bits per heavy atom. The van der Waals surface area contributed by atoms with Gasteiger partial charge in [0.1, 0.15) is 0 Å². The maximum absolute atomic E-state index is 12.5. The molecule has 0 fully saturated rings. The number of carbonyl (C=O) groups is 1.